The van der Waals surface area contributed by atoms with E-state index in [1.54, 1.807) is 0 Å². The van der Waals surface area contributed by atoms with E-state index in [4.69, 9.17) is 0 Å². The molecule has 1 aromatic carbocycles. The monoisotopic (exact) mass is 333 g/mol. The van der Waals surface area contributed by atoms with E-state index in [9.17, 15) is 4.79 Å². The number of carbonyl (C=O) groups is 1. The lowest BCUT2D eigenvalue weighted by Crippen LogP contribution is -2.31. The standard InChI is InChI=1S/C18H27N3OS/c22-18(5-4-15-6-7-19-13-15)20-17-3-1-2-16(12-17)14-21-8-10-23-11-9-21/h1-3,12,15,19H,4-11,13-14H2,(H,20,22). The summed E-state index contributed by atoms with van der Waals surface area (Å²) in [5.74, 6) is 3.27. The second-order valence-electron chi connectivity index (χ2n) is 6.53. The van der Waals surface area contributed by atoms with Gasteiger partial charge in [-0.2, -0.15) is 11.8 Å². The highest BCUT2D eigenvalue weighted by Crippen LogP contribution is 2.18. The van der Waals surface area contributed by atoms with E-state index < -0.39 is 0 Å². The predicted molar refractivity (Wildman–Crippen MR) is 97.9 cm³/mol. The Bertz CT molecular complexity index is 511. The van der Waals surface area contributed by atoms with Crippen molar-refractivity contribution in [3.05, 3.63) is 29.8 Å². The van der Waals surface area contributed by atoms with E-state index in [1.165, 1.54) is 23.5 Å². The van der Waals surface area contributed by atoms with Crippen LogP contribution in [-0.4, -0.2) is 48.5 Å². The van der Waals surface area contributed by atoms with E-state index in [0.29, 0.717) is 12.3 Å². The van der Waals surface area contributed by atoms with Crippen molar-refractivity contribution in [1.29, 1.82) is 0 Å². The summed E-state index contributed by atoms with van der Waals surface area (Å²) in [5.41, 5.74) is 2.22. The molecule has 2 saturated heterocycles. The van der Waals surface area contributed by atoms with Crippen molar-refractivity contribution >= 4 is 23.4 Å². The fourth-order valence-corrected chi connectivity index (χ4v) is 4.26. The molecule has 1 amide bonds. The van der Waals surface area contributed by atoms with E-state index in [1.807, 2.05) is 23.9 Å². The van der Waals surface area contributed by atoms with Crippen molar-refractivity contribution in [2.24, 2.45) is 5.92 Å². The third-order valence-corrected chi connectivity index (χ3v) is 5.61. The van der Waals surface area contributed by atoms with Crippen molar-refractivity contribution in [2.45, 2.75) is 25.8 Å². The lowest BCUT2D eigenvalue weighted by molar-refractivity contribution is -0.116. The number of amides is 1. The number of benzene rings is 1. The molecule has 5 heteroatoms. The van der Waals surface area contributed by atoms with Gasteiger partial charge in [0.25, 0.3) is 0 Å². The van der Waals surface area contributed by atoms with Gasteiger partial charge in [-0.3, -0.25) is 9.69 Å². The molecule has 2 aliphatic heterocycles. The van der Waals surface area contributed by atoms with Crippen LogP contribution in [0.4, 0.5) is 5.69 Å². The molecule has 0 saturated carbocycles. The second kappa shape index (κ2) is 8.71. The number of hydrogen-bond acceptors (Lipinski definition) is 4. The van der Waals surface area contributed by atoms with Gasteiger partial charge in [-0.25, -0.2) is 0 Å². The summed E-state index contributed by atoms with van der Waals surface area (Å²) in [5, 5.41) is 6.42. The zero-order chi connectivity index (χ0) is 15.9. The summed E-state index contributed by atoms with van der Waals surface area (Å²) in [6, 6.07) is 8.31. The molecule has 1 aromatic rings. The van der Waals surface area contributed by atoms with Crippen LogP contribution in [0.5, 0.6) is 0 Å². The fourth-order valence-electron chi connectivity index (χ4n) is 3.28. The van der Waals surface area contributed by atoms with Crippen molar-refractivity contribution in [2.75, 3.05) is 43.0 Å². The molecule has 2 N–H and O–H groups in total. The topological polar surface area (TPSA) is 44.4 Å². The highest BCUT2D eigenvalue weighted by atomic mass is 32.2. The van der Waals surface area contributed by atoms with E-state index in [2.05, 4.69) is 27.7 Å². The van der Waals surface area contributed by atoms with Crippen LogP contribution in [0.3, 0.4) is 0 Å². The molecule has 0 radical (unpaired) electrons. The third kappa shape index (κ3) is 5.52. The van der Waals surface area contributed by atoms with Crippen LogP contribution in [-0.2, 0) is 11.3 Å². The largest absolute Gasteiger partial charge is 0.326 e. The maximum atomic E-state index is 12.1. The molecule has 4 nitrogen and oxygen atoms in total. The van der Waals surface area contributed by atoms with Gasteiger partial charge in [0.05, 0.1) is 0 Å². The number of anilines is 1. The Labute approximate surface area is 143 Å². The molecular weight excluding hydrogens is 306 g/mol. The quantitative estimate of drug-likeness (QED) is 0.840. The van der Waals surface area contributed by atoms with Gasteiger partial charge in [-0.15, -0.1) is 0 Å². The van der Waals surface area contributed by atoms with Crippen LogP contribution in [0.2, 0.25) is 0 Å². The van der Waals surface area contributed by atoms with Gasteiger partial charge >= 0.3 is 0 Å². The van der Waals surface area contributed by atoms with Crippen molar-refractivity contribution in [3.8, 4) is 0 Å². The van der Waals surface area contributed by atoms with Crippen molar-refractivity contribution in [1.82, 2.24) is 10.2 Å². The minimum absolute atomic E-state index is 0.142. The maximum Gasteiger partial charge on any atom is 0.224 e. The summed E-state index contributed by atoms with van der Waals surface area (Å²) < 4.78 is 0. The molecule has 1 unspecified atom stereocenters. The summed E-state index contributed by atoms with van der Waals surface area (Å²) in [7, 11) is 0. The first-order chi connectivity index (χ1) is 11.3. The summed E-state index contributed by atoms with van der Waals surface area (Å²) in [4.78, 5) is 14.6. The molecule has 2 fully saturated rings. The Hall–Kier alpha value is -1.04. The van der Waals surface area contributed by atoms with Gasteiger partial charge in [-0.05, 0) is 49.5 Å². The summed E-state index contributed by atoms with van der Waals surface area (Å²) in [6.45, 7) is 5.48. The number of rotatable bonds is 6. The molecular formula is C18H27N3OS. The Morgan fingerprint density at radius 1 is 1.35 bits per heavy atom. The lowest BCUT2D eigenvalue weighted by Gasteiger charge is -2.26. The SMILES string of the molecule is O=C(CCC1CCNC1)Nc1cccc(CN2CCSCC2)c1. The molecule has 1 atom stereocenters. The molecule has 0 aromatic heterocycles. The number of hydrogen-bond donors (Lipinski definition) is 2. The third-order valence-electron chi connectivity index (χ3n) is 4.66. The van der Waals surface area contributed by atoms with E-state index in [0.717, 1.165) is 44.8 Å². The Morgan fingerprint density at radius 2 is 2.22 bits per heavy atom. The average Bonchev–Trinajstić information content (AvgIpc) is 3.08. The molecule has 126 valence electrons. The van der Waals surface area contributed by atoms with E-state index >= 15 is 0 Å². The fraction of sp³-hybridized carbons (Fsp3) is 0.611. The minimum atomic E-state index is 0.142. The number of carbonyl (C=O) groups excluding carboxylic acids is 1. The van der Waals surface area contributed by atoms with Gasteiger partial charge in [0.15, 0.2) is 0 Å². The van der Waals surface area contributed by atoms with Crippen LogP contribution in [0.25, 0.3) is 0 Å². The van der Waals surface area contributed by atoms with Crippen LogP contribution < -0.4 is 10.6 Å². The second-order valence-corrected chi connectivity index (χ2v) is 7.76. The molecule has 3 rings (SSSR count). The molecule has 0 spiro atoms. The van der Waals surface area contributed by atoms with Gasteiger partial charge < -0.3 is 10.6 Å². The lowest BCUT2D eigenvalue weighted by atomic mass is 10.0. The first-order valence-electron chi connectivity index (χ1n) is 8.69. The predicted octanol–water partition coefficient (Wildman–Crippen LogP) is 2.56. The number of nitrogens with zero attached hydrogens (tertiary/aromatic N) is 1. The van der Waals surface area contributed by atoms with Gasteiger partial charge in [0.2, 0.25) is 5.91 Å². The molecule has 23 heavy (non-hydrogen) atoms. The molecule has 2 aliphatic rings. The van der Waals surface area contributed by atoms with Crippen LogP contribution in [0, 0.1) is 5.92 Å². The van der Waals surface area contributed by atoms with Crippen molar-refractivity contribution in [3.63, 3.8) is 0 Å². The smallest absolute Gasteiger partial charge is 0.224 e. The zero-order valence-corrected chi connectivity index (χ0v) is 14.5. The molecule has 2 heterocycles. The Balaban J connectivity index is 1.47. The summed E-state index contributed by atoms with van der Waals surface area (Å²) >= 11 is 2.03. The van der Waals surface area contributed by atoms with Gasteiger partial charge in [0.1, 0.15) is 0 Å². The normalized spacial score (nSPS) is 22.2. The first kappa shape index (κ1) is 16.8. The first-order valence-corrected chi connectivity index (χ1v) is 9.85. The average molecular weight is 334 g/mol. The van der Waals surface area contributed by atoms with Crippen LogP contribution in [0.1, 0.15) is 24.8 Å². The van der Waals surface area contributed by atoms with Gasteiger partial charge in [-0.1, -0.05) is 12.1 Å². The van der Waals surface area contributed by atoms with Crippen LogP contribution >= 0.6 is 11.8 Å². The van der Waals surface area contributed by atoms with Gasteiger partial charge in [0, 0.05) is 43.2 Å². The molecule has 0 aliphatic carbocycles. The highest BCUT2D eigenvalue weighted by molar-refractivity contribution is 7.99. The molecule has 0 bridgehead atoms. The van der Waals surface area contributed by atoms with Crippen molar-refractivity contribution < 1.29 is 4.79 Å². The van der Waals surface area contributed by atoms with E-state index in [-0.39, 0.29) is 5.91 Å². The Morgan fingerprint density at radius 3 is 3.00 bits per heavy atom. The number of nitrogens with one attached hydrogen (secondary N) is 2. The minimum Gasteiger partial charge on any atom is -0.326 e. The number of thioether (sulfide) groups is 1. The maximum absolute atomic E-state index is 12.1. The summed E-state index contributed by atoms with van der Waals surface area (Å²) in [6.07, 6.45) is 2.82. The highest BCUT2D eigenvalue weighted by Gasteiger charge is 2.16. The van der Waals surface area contributed by atoms with Crippen LogP contribution in [0.15, 0.2) is 24.3 Å². The zero-order valence-electron chi connectivity index (χ0n) is 13.7. The Kier molecular flexibility index (Phi) is 6.37.